The molecule has 1 aromatic carbocycles. The van der Waals surface area contributed by atoms with Gasteiger partial charge in [0.1, 0.15) is 11.3 Å². The minimum Gasteiger partial charge on any atom is -0.478 e. The molecule has 0 aliphatic heterocycles. The minimum absolute atomic E-state index is 0.236. The van der Waals surface area contributed by atoms with Crippen LogP contribution in [0.5, 0.6) is 0 Å². The predicted octanol–water partition coefficient (Wildman–Crippen LogP) is 3.87. The monoisotopic (exact) mass is 290 g/mol. The molecule has 1 saturated carbocycles. The van der Waals surface area contributed by atoms with Gasteiger partial charge in [-0.15, -0.1) is 0 Å². The van der Waals surface area contributed by atoms with Crippen molar-refractivity contribution in [3.63, 3.8) is 0 Å². The summed E-state index contributed by atoms with van der Waals surface area (Å²) < 4.78 is 1.78. The van der Waals surface area contributed by atoms with Crippen molar-refractivity contribution in [3.05, 3.63) is 41.0 Å². The fourth-order valence-electron chi connectivity index (χ4n) is 2.37. The first kappa shape index (κ1) is 13.2. The van der Waals surface area contributed by atoms with Gasteiger partial charge in [-0.05, 0) is 37.8 Å². The molecule has 20 heavy (non-hydrogen) atoms. The highest BCUT2D eigenvalue weighted by molar-refractivity contribution is 6.30. The van der Waals surface area contributed by atoms with E-state index in [-0.39, 0.29) is 11.6 Å². The molecular formula is C15H15ClN2O2. The van der Waals surface area contributed by atoms with Crippen LogP contribution in [0.2, 0.25) is 5.02 Å². The maximum absolute atomic E-state index is 11.4. The first-order valence-corrected chi connectivity index (χ1v) is 7.02. The van der Waals surface area contributed by atoms with E-state index in [1.165, 1.54) is 12.8 Å². The summed E-state index contributed by atoms with van der Waals surface area (Å²) in [7, 11) is 0. The number of aromatic nitrogens is 2. The lowest BCUT2D eigenvalue weighted by molar-refractivity contribution is 0.0697. The number of carboxylic acid groups (broad SMARTS) is 1. The second-order valence-electron chi connectivity index (χ2n) is 5.26. The van der Waals surface area contributed by atoms with Gasteiger partial charge < -0.3 is 5.11 Å². The summed E-state index contributed by atoms with van der Waals surface area (Å²) in [6, 6.07) is 7.32. The van der Waals surface area contributed by atoms with E-state index >= 15 is 0 Å². The van der Waals surface area contributed by atoms with E-state index in [0.29, 0.717) is 16.6 Å². The van der Waals surface area contributed by atoms with Gasteiger partial charge in [0.2, 0.25) is 0 Å². The van der Waals surface area contributed by atoms with E-state index in [1.54, 1.807) is 35.1 Å². The van der Waals surface area contributed by atoms with Gasteiger partial charge in [0.05, 0.1) is 6.04 Å². The molecule has 0 bridgehead atoms. The first-order chi connectivity index (χ1) is 9.56. The Morgan fingerprint density at radius 2 is 2.05 bits per heavy atom. The molecule has 0 saturated heterocycles. The Morgan fingerprint density at radius 1 is 1.40 bits per heavy atom. The summed E-state index contributed by atoms with van der Waals surface area (Å²) in [5, 5.41) is 14.5. The Bertz CT molecular complexity index is 644. The van der Waals surface area contributed by atoms with Crippen LogP contribution in [0.4, 0.5) is 0 Å². The molecule has 1 N–H and O–H groups in total. The zero-order valence-electron chi connectivity index (χ0n) is 11.1. The zero-order chi connectivity index (χ0) is 14.3. The van der Waals surface area contributed by atoms with Crippen molar-refractivity contribution in [1.82, 2.24) is 9.78 Å². The smallest absolute Gasteiger partial charge is 0.339 e. The van der Waals surface area contributed by atoms with Crippen molar-refractivity contribution in [2.75, 3.05) is 0 Å². The molecule has 1 fully saturated rings. The summed E-state index contributed by atoms with van der Waals surface area (Å²) in [6.07, 6.45) is 4.02. The molecule has 1 aliphatic carbocycles. The molecule has 0 radical (unpaired) electrons. The number of benzene rings is 1. The van der Waals surface area contributed by atoms with Crippen LogP contribution in [0, 0.1) is 5.92 Å². The van der Waals surface area contributed by atoms with Crippen LogP contribution in [0.1, 0.15) is 36.2 Å². The van der Waals surface area contributed by atoms with E-state index < -0.39 is 5.97 Å². The second kappa shape index (κ2) is 4.94. The van der Waals surface area contributed by atoms with Gasteiger partial charge in [0, 0.05) is 16.8 Å². The van der Waals surface area contributed by atoms with Crippen LogP contribution in [-0.2, 0) is 0 Å². The highest BCUT2D eigenvalue weighted by atomic mass is 35.5. The van der Waals surface area contributed by atoms with Crippen LogP contribution in [0.3, 0.4) is 0 Å². The zero-order valence-corrected chi connectivity index (χ0v) is 11.8. The summed E-state index contributed by atoms with van der Waals surface area (Å²) in [6.45, 7) is 2.09. The fourth-order valence-corrected chi connectivity index (χ4v) is 2.50. The van der Waals surface area contributed by atoms with Crippen molar-refractivity contribution in [2.24, 2.45) is 5.92 Å². The van der Waals surface area contributed by atoms with E-state index in [2.05, 4.69) is 12.0 Å². The van der Waals surface area contributed by atoms with Crippen LogP contribution in [0.25, 0.3) is 11.3 Å². The number of carboxylic acids is 1. The summed E-state index contributed by atoms with van der Waals surface area (Å²) in [5.41, 5.74) is 1.51. The van der Waals surface area contributed by atoms with Gasteiger partial charge in [-0.3, -0.25) is 4.68 Å². The van der Waals surface area contributed by atoms with Crippen molar-refractivity contribution in [3.8, 4) is 11.3 Å². The normalized spacial score (nSPS) is 16.1. The Kier molecular flexibility index (Phi) is 3.26. The Morgan fingerprint density at radius 3 is 2.60 bits per heavy atom. The summed E-state index contributed by atoms with van der Waals surface area (Å²) in [4.78, 5) is 11.4. The standard InChI is InChI=1S/C15H15ClN2O2/c1-9(10-2-3-10)18-8-13(15(19)20)14(17-18)11-4-6-12(16)7-5-11/h4-10H,2-3H2,1H3,(H,19,20). The highest BCUT2D eigenvalue weighted by Gasteiger charge is 2.31. The van der Waals surface area contributed by atoms with Gasteiger partial charge >= 0.3 is 5.97 Å². The quantitative estimate of drug-likeness (QED) is 0.930. The van der Waals surface area contributed by atoms with Crippen LogP contribution in [0.15, 0.2) is 30.5 Å². The number of carbonyl (C=O) groups is 1. The fraction of sp³-hybridized carbons (Fsp3) is 0.333. The molecule has 104 valence electrons. The third kappa shape index (κ3) is 2.43. The van der Waals surface area contributed by atoms with E-state index in [0.717, 1.165) is 5.56 Å². The third-order valence-electron chi connectivity index (χ3n) is 3.80. The molecule has 0 amide bonds. The minimum atomic E-state index is -0.954. The SMILES string of the molecule is CC(C1CC1)n1cc(C(=O)O)c(-c2ccc(Cl)cc2)n1. The summed E-state index contributed by atoms with van der Waals surface area (Å²) >= 11 is 5.87. The van der Waals surface area contributed by atoms with E-state index in [9.17, 15) is 9.90 Å². The number of hydrogen-bond donors (Lipinski definition) is 1. The molecule has 1 aromatic heterocycles. The van der Waals surface area contributed by atoms with E-state index in [4.69, 9.17) is 11.6 Å². The Labute approximate surface area is 122 Å². The molecule has 1 atom stereocenters. The number of halogens is 1. The lowest BCUT2D eigenvalue weighted by Crippen LogP contribution is -2.07. The number of nitrogens with zero attached hydrogens (tertiary/aromatic N) is 2. The van der Waals surface area contributed by atoms with Gasteiger partial charge in [-0.2, -0.15) is 5.10 Å². The van der Waals surface area contributed by atoms with Gasteiger partial charge in [0.15, 0.2) is 0 Å². The Balaban J connectivity index is 2.03. The first-order valence-electron chi connectivity index (χ1n) is 6.64. The maximum Gasteiger partial charge on any atom is 0.339 e. The third-order valence-corrected chi connectivity index (χ3v) is 4.05. The average molecular weight is 291 g/mol. The van der Waals surface area contributed by atoms with Crippen molar-refractivity contribution >= 4 is 17.6 Å². The molecule has 0 spiro atoms. The van der Waals surface area contributed by atoms with Gasteiger partial charge in [-0.25, -0.2) is 4.79 Å². The second-order valence-corrected chi connectivity index (χ2v) is 5.70. The van der Waals surface area contributed by atoms with E-state index in [1.807, 2.05) is 0 Å². The van der Waals surface area contributed by atoms with Crippen molar-refractivity contribution in [1.29, 1.82) is 0 Å². The molecule has 1 unspecified atom stereocenters. The molecule has 3 rings (SSSR count). The van der Waals surface area contributed by atoms with Crippen molar-refractivity contribution in [2.45, 2.75) is 25.8 Å². The van der Waals surface area contributed by atoms with Gasteiger partial charge in [0.25, 0.3) is 0 Å². The topological polar surface area (TPSA) is 55.1 Å². The maximum atomic E-state index is 11.4. The molecule has 1 aliphatic rings. The van der Waals surface area contributed by atoms with Crippen LogP contribution >= 0.6 is 11.6 Å². The highest BCUT2D eigenvalue weighted by Crippen LogP contribution is 2.39. The predicted molar refractivity (Wildman–Crippen MR) is 77.1 cm³/mol. The molecular weight excluding hydrogens is 276 g/mol. The number of rotatable bonds is 4. The Hall–Kier alpha value is -1.81. The lowest BCUT2D eigenvalue weighted by atomic mass is 10.1. The van der Waals surface area contributed by atoms with Crippen molar-refractivity contribution < 1.29 is 9.90 Å². The summed E-state index contributed by atoms with van der Waals surface area (Å²) in [5.74, 6) is -0.334. The number of hydrogen-bond acceptors (Lipinski definition) is 2. The number of aromatic carboxylic acids is 1. The molecule has 5 heteroatoms. The lowest BCUT2D eigenvalue weighted by Gasteiger charge is -2.09. The average Bonchev–Trinajstić information content (AvgIpc) is 3.17. The molecule has 1 heterocycles. The molecule has 2 aromatic rings. The van der Waals surface area contributed by atoms with Crippen LogP contribution in [-0.4, -0.2) is 20.9 Å². The van der Waals surface area contributed by atoms with Crippen LogP contribution < -0.4 is 0 Å². The largest absolute Gasteiger partial charge is 0.478 e. The molecule has 4 nitrogen and oxygen atoms in total. The van der Waals surface area contributed by atoms with Gasteiger partial charge in [-0.1, -0.05) is 23.7 Å².